The first-order valence-corrected chi connectivity index (χ1v) is 10.0. The minimum absolute atomic E-state index is 0.285. The summed E-state index contributed by atoms with van der Waals surface area (Å²) >= 11 is 0. The molecular formula is C21H29N5O. The Morgan fingerprint density at radius 1 is 1.26 bits per heavy atom. The number of hydrogen-bond acceptors (Lipinski definition) is 4. The van der Waals surface area contributed by atoms with Crippen molar-refractivity contribution in [2.45, 2.75) is 52.1 Å². The summed E-state index contributed by atoms with van der Waals surface area (Å²) in [5.74, 6) is 0.867. The smallest absolute Gasteiger partial charge is 0.223 e. The van der Waals surface area contributed by atoms with Crippen molar-refractivity contribution in [3.8, 4) is 0 Å². The van der Waals surface area contributed by atoms with Crippen LogP contribution in [0.2, 0.25) is 0 Å². The van der Waals surface area contributed by atoms with Crippen LogP contribution in [0.1, 0.15) is 41.8 Å². The Morgan fingerprint density at radius 2 is 2.15 bits per heavy atom. The molecule has 2 aromatic heterocycles. The second-order valence-corrected chi connectivity index (χ2v) is 8.12. The van der Waals surface area contributed by atoms with Crippen LogP contribution in [0.5, 0.6) is 0 Å². The van der Waals surface area contributed by atoms with E-state index in [4.69, 9.17) is 0 Å². The number of H-pyrrole nitrogens is 1. The molecule has 3 fully saturated rings. The van der Waals surface area contributed by atoms with Crippen molar-refractivity contribution < 1.29 is 4.79 Å². The number of piperidine rings is 1. The van der Waals surface area contributed by atoms with E-state index in [2.05, 4.69) is 38.0 Å². The molecule has 2 atom stereocenters. The van der Waals surface area contributed by atoms with Gasteiger partial charge in [0, 0.05) is 63.2 Å². The zero-order valence-electron chi connectivity index (χ0n) is 16.3. The molecule has 3 aliphatic heterocycles. The molecule has 3 aliphatic rings. The highest BCUT2D eigenvalue weighted by atomic mass is 16.2. The van der Waals surface area contributed by atoms with Crippen LogP contribution in [-0.2, 0) is 17.8 Å². The van der Waals surface area contributed by atoms with Gasteiger partial charge in [0.25, 0.3) is 0 Å². The van der Waals surface area contributed by atoms with Crippen LogP contribution < -0.4 is 0 Å². The number of aryl methyl sites for hydroxylation is 2. The number of aromatic nitrogens is 3. The van der Waals surface area contributed by atoms with Crippen molar-refractivity contribution in [3.05, 3.63) is 47.0 Å². The average Bonchev–Trinajstić information content (AvgIpc) is 2.84. The number of pyridine rings is 1. The van der Waals surface area contributed by atoms with E-state index in [9.17, 15) is 4.79 Å². The molecular weight excluding hydrogens is 338 g/mol. The Hall–Kier alpha value is -2.21. The largest absolute Gasteiger partial charge is 0.338 e. The number of hydrogen-bond donors (Lipinski definition) is 1. The molecule has 1 N–H and O–H groups in total. The highest BCUT2D eigenvalue weighted by molar-refractivity contribution is 5.77. The number of nitrogens with zero attached hydrogens (tertiary/aromatic N) is 4. The molecule has 6 heteroatoms. The first kappa shape index (κ1) is 18.2. The van der Waals surface area contributed by atoms with E-state index in [1.165, 1.54) is 17.5 Å². The quantitative estimate of drug-likeness (QED) is 0.882. The minimum Gasteiger partial charge on any atom is -0.338 e. The standard InChI is InChI=1S/C21H29N5O/c1-15-16(2)23-24-20(15)7-8-21(27)26-13-18-5-6-19(26)14-25(12-18)11-17-4-3-9-22-10-17/h3-4,9-10,18-19H,5-8,11-14H2,1-2H3,(H,23,24)/t18-,19+/m0/s1. The molecule has 0 radical (unpaired) electrons. The fourth-order valence-corrected chi connectivity index (χ4v) is 4.51. The number of rotatable bonds is 5. The molecule has 0 unspecified atom stereocenters. The number of nitrogens with one attached hydrogen (secondary N) is 1. The molecule has 27 heavy (non-hydrogen) atoms. The van der Waals surface area contributed by atoms with Gasteiger partial charge in [-0.1, -0.05) is 6.07 Å². The summed E-state index contributed by atoms with van der Waals surface area (Å²) in [5.41, 5.74) is 4.56. The third kappa shape index (κ3) is 4.05. The number of carbonyl (C=O) groups is 1. The van der Waals surface area contributed by atoms with Crippen molar-refractivity contribution in [1.82, 2.24) is 25.0 Å². The molecule has 0 aliphatic carbocycles. The monoisotopic (exact) mass is 367 g/mol. The normalized spacial score (nSPS) is 22.8. The van der Waals surface area contributed by atoms with Crippen molar-refractivity contribution in [3.63, 3.8) is 0 Å². The van der Waals surface area contributed by atoms with Crippen molar-refractivity contribution >= 4 is 5.91 Å². The maximum absolute atomic E-state index is 13.0. The topological polar surface area (TPSA) is 65.1 Å². The van der Waals surface area contributed by atoms with E-state index < -0.39 is 0 Å². The zero-order chi connectivity index (χ0) is 18.8. The third-order valence-electron chi connectivity index (χ3n) is 6.17. The van der Waals surface area contributed by atoms with Gasteiger partial charge in [0.05, 0.1) is 5.69 Å². The zero-order valence-corrected chi connectivity index (χ0v) is 16.3. The van der Waals surface area contributed by atoms with Crippen LogP contribution in [0.15, 0.2) is 24.5 Å². The molecule has 6 nitrogen and oxygen atoms in total. The fourth-order valence-electron chi connectivity index (χ4n) is 4.51. The summed E-state index contributed by atoms with van der Waals surface area (Å²) in [6.07, 6.45) is 7.40. The van der Waals surface area contributed by atoms with E-state index >= 15 is 0 Å². The van der Waals surface area contributed by atoms with Crippen LogP contribution in [0, 0.1) is 19.8 Å². The average molecular weight is 367 g/mol. The molecule has 0 saturated carbocycles. The Labute approximate surface area is 161 Å². The highest BCUT2D eigenvalue weighted by Crippen LogP contribution is 2.29. The second kappa shape index (κ2) is 7.80. The molecule has 5 heterocycles. The second-order valence-electron chi connectivity index (χ2n) is 8.12. The van der Waals surface area contributed by atoms with Gasteiger partial charge in [0.1, 0.15) is 0 Å². The molecule has 2 bridgehead atoms. The predicted molar refractivity (Wildman–Crippen MR) is 104 cm³/mol. The van der Waals surface area contributed by atoms with Crippen LogP contribution in [0.25, 0.3) is 0 Å². The number of carbonyl (C=O) groups excluding carboxylic acids is 1. The lowest BCUT2D eigenvalue weighted by atomic mass is 9.94. The maximum Gasteiger partial charge on any atom is 0.223 e. The van der Waals surface area contributed by atoms with Crippen LogP contribution >= 0.6 is 0 Å². The van der Waals surface area contributed by atoms with Crippen LogP contribution in [0.4, 0.5) is 0 Å². The van der Waals surface area contributed by atoms with Crippen molar-refractivity contribution in [1.29, 1.82) is 0 Å². The van der Waals surface area contributed by atoms with Crippen molar-refractivity contribution in [2.75, 3.05) is 19.6 Å². The summed E-state index contributed by atoms with van der Waals surface area (Å²) in [6, 6.07) is 4.47. The Bertz CT molecular complexity index is 787. The van der Waals surface area contributed by atoms with Gasteiger partial charge in [-0.05, 0) is 49.8 Å². The van der Waals surface area contributed by atoms with Crippen LogP contribution in [0.3, 0.4) is 0 Å². The molecule has 0 aromatic carbocycles. The lowest BCUT2D eigenvalue weighted by molar-refractivity contribution is -0.135. The minimum atomic E-state index is 0.285. The maximum atomic E-state index is 13.0. The summed E-state index contributed by atoms with van der Waals surface area (Å²) in [4.78, 5) is 21.9. The summed E-state index contributed by atoms with van der Waals surface area (Å²) in [6.45, 7) is 7.98. The van der Waals surface area contributed by atoms with Gasteiger partial charge in [0.2, 0.25) is 5.91 Å². The number of amides is 1. The van der Waals surface area contributed by atoms with Crippen LogP contribution in [-0.4, -0.2) is 56.6 Å². The van der Waals surface area contributed by atoms with Crippen molar-refractivity contribution in [2.24, 2.45) is 5.92 Å². The van der Waals surface area contributed by atoms with Gasteiger partial charge in [0.15, 0.2) is 0 Å². The van der Waals surface area contributed by atoms with Gasteiger partial charge in [-0.2, -0.15) is 5.10 Å². The van der Waals surface area contributed by atoms with E-state index in [1.807, 2.05) is 25.4 Å². The van der Waals surface area contributed by atoms with E-state index in [0.29, 0.717) is 18.4 Å². The van der Waals surface area contributed by atoms with Gasteiger partial charge >= 0.3 is 0 Å². The fraction of sp³-hybridized carbons (Fsp3) is 0.571. The lowest BCUT2D eigenvalue weighted by Gasteiger charge is -2.36. The highest BCUT2D eigenvalue weighted by Gasteiger charge is 2.36. The first-order valence-electron chi connectivity index (χ1n) is 10.0. The van der Waals surface area contributed by atoms with Gasteiger partial charge < -0.3 is 4.90 Å². The molecule has 0 spiro atoms. The number of fused-ring (bicyclic) bond motifs is 4. The van der Waals surface area contributed by atoms with E-state index in [-0.39, 0.29) is 5.91 Å². The summed E-state index contributed by atoms with van der Waals surface area (Å²) in [7, 11) is 0. The van der Waals surface area contributed by atoms with Gasteiger partial charge in [-0.3, -0.25) is 19.8 Å². The summed E-state index contributed by atoms with van der Waals surface area (Å²) < 4.78 is 0. The number of aromatic amines is 1. The first-order chi connectivity index (χ1) is 13.1. The van der Waals surface area contributed by atoms with Gasteiger partial charge in [-0.15, -0.1) is 0 Å². The molecule has 2 aromatic rings. The molecule has 144 valence electrons. The summed E-state index contributed by atoms with van der Waals surface area (Å²) in [5, 5.41) is 7.37. The lowest BCUT2D eigenvalue weighted by Crippen LogP contribution is -2.47. The Balaban J connectivity index is 1.38. The predicted octanol–water partition coefficient (Wildman–Crippen LogP) is 2.48. The van der Waals surface area contributed by atoms with E-state index in [1.54, 1.807) is 0 Å². The Morgan fingerprint density at radius 3 is 2.89 bits per heavy atom. The third-order valence-corrected chi connectivity index (χ3v) is 6.17. The van der Waals surface area contributed by atoms with E-state index in [0.717, 1.165) is 50.4 Å². The molecule has 3 saturated heterocycles. The molecule has 1 amide bonds. The van der Waals surface area contributed by atoms with Gasteiger partial charge in [-0.25, -0.2) is 0 Å². The molecule has 5 rings (SSSR count). The Kier molecular flexibility index (Phi) is 5.25. The SMILES string of the molecule is Cc1[nH]nc(CCC(=O)N2C[C@H]3CC[C@@H]2CN(Cc2cccnc2)C3)c1C.